The molecular formula is C20H30IN5O2. The fourth-order valence-electron chi connectivity index (χ4n) is 2.39. The number of oxazole rings is 1. The highest BCUT2D eigenvalue weighted by atomic mass is 127. The predicted octanol–water partition coefficient (Wildman–Crippen LogP) is 3.76. The Morgan fingerprint density at radius 1 is 1.25 bits per heavy atom. The van der Waals surface area contributed by atoms with Crippen LogP contribution in [0.15, 0.2) is 33.7 Å². The molecule has 1 atom stereocenters. The van der Waals surface area contributed by atoms with Gasteiger partial charge in [0.05, 0.1) is 12.2 Å². The molecule has 154 valence electrons. The van der Waals surface area contributed by atoms with Crippen molar-refractivity contribution in [2.75, 3.05) is 12.4 Å². The van der Waals surface area contributed by atoms with E-state index in [2.05, 4.69) is 25.9 Å². The van der Waals surface area contributed by atoms with Gasteiger partial charge >= 0.3 is 0 Å². The van der Waals surface area contributed by atoms with Gasteiger partial charge in [-0.2, -0.15) is 0 Å². The minimum absolute atomic E-state index is 0. The standard InChI is InChI=1S/C20H29N5O2.HI/c1-6-13(2)19(26)25-17-9-7-8-16(10-17)11-22-20(21-5)23-12-18-24-14(3)15(4)27-18;/h7-10,13H,6,11-12H2,1-5H3,(H,25,26)(H2,21,22,23);1H. The third-order valence-corrected chi connectivity index (χ3v) is 4.42. The topological polar surface area (TPSA) is 91.5 Å². The predicted molar refractivity (Wildman–Crippen MR) is 123 cm³/mol. The van der Waals surface area contributed by atoms with Gasteiger partial charge in [-0.15, -0.1) is 24.0 Å². The molecule has 2 rings (SSSR count). The molecule has 1 aromatic heterocycles. The Labute approximate surface area is 183 Å². The molecule has 0 saturated heterocycles. The van der Waals surface area contributed by atoms with E-state index in [9.17, 15) is 4.79 Å². The molecule has 2 aromatic rings. The Morgan fingerprint density at radius 3 is 2.57 bits per heavy atom. The number of guanidine groups is 1. The summed E-state index contributed by atoms with van der Waals surface area (Å²) in [4.78, 5) is 20.6. The van der Waals surface area contributed by atoms with E-state index >= 15 is 0 Å². The number of amides is 1. The van der Waals surface area contributed by atoms with Crippen LogP contribution in [0.4, 0.5) is 5.69 Å². The lowest BCUT2D eigenvalue weighted by atomic mass is 10.1. The number of hydrogen-bond acceptors (Lipinski definition) is 4. The van der Waals surface area contributed by atoms with Crippen molar-refractivity contribution in [2.45, 2.75) is 47.2 Å². The van der Waals surface area contributed by atoms with Crippen molar-refractivity contribution < 1.29 is 9.21 Å². The Morgan fingerprint density at radius 2 is 1.96 bits per heavy atom. The lowest BCUT2D eigenvalue weighted by Crippen LogP contribution is -2.36. The van der Waals surface area contributed by atoms with Crippen LogP contribution in [0.5, 0.6) is 0 Å². The molecule has 1 aromatic carbocycles. The van der Waals surface area contributed by atoms with E-state index in [0.717, 1.165) is 29.1 Å². The number of carbonyl (C=O) groups is 1. The molecule has 3 N–H and O–H groups in total. The number of halogens is 1. The molecule has 8 heteroatoms. The first-order valence-corrected chi connectivity index (χ1v) is 9.20. The number of benzene rings is 1. The molecule has 0 aliphatic carbocycles. The highest BCUT2D eigenvalue weighted by molar-refractivity contribution is 14.0. The van der Waals surface area contributed by atoms with Gasteiger partial charge in [-0.25, -0.2) is 4.98 Å². The molecule has 0 spiro atoms. The van der Waals surface area contributed by atoms with Crippen molar-refractivity contribution in [3.8, 4) is 0 Å². The molecule has 0 fully saturated rings. The number of aliphatic imine (C=N–C) groups is 1. The second kappa shape index (κ2) is 11.7. The quantitative estimate of drug-likeness (QED) is 0.307. The summed E-state index contributed by atoms with van der Waals surface area (Å²) in [6.07, 6.45) is 0.818. The zero-order valence-corrected chi connectivity index (χ0v) is 19.5. The summed E-state index contributed by atoms with van der Waals surface area (Å²) in [6.45, 7) is 8.78. The van der Waals surface area contributed by atoms with Gasteiger partial charge < -0.3 is 20.4 Å². The fourth-order valence-corrected chi connectivity index (χ4v) is 2.39. The third-order valence-electron chi connectivity index (χ3n) is 4.42. The maximum atomic E-state index is 12.0. The number of nitrogens with zero attached hydrogens (tertiary/aromatic N) is 2. The number of rotatable bonds is 7. The molecule has 0 bridgehead atoms. The minimum atomic E-state index is -0.00251. The van der Waals surface area contributed by atoms with Crippen LogP contribution in [0.1, 0.15) is 43.2 Å². The molecule has 0 saturated carbocycles. The Kier molecular flexibility index (Phi) is 9.98. The largest absolute Gasteiger partial charge is 0.444 e. The molecule has 1 amide bonds. The summed E-state index contributed by atoms with van der Waals surface area (Å²) in [7, 11) is 1.71. The summed E-state index contributed by atoms with van der Waals surface area (Å²) < 4.78 is 5.56. The second-order valence-electron chi connectivity index (χ2n) is 6.53. The van der Waals surface area contributed by atoms with Crippen LogP contribution in [0.3, 0.4) is 0 Å². The highest BCUT2D eigenvalue weighted by Gasteiger charge is 2.11. The zero-order valence-electron chi connectivity index (χ0n) is 17.1. The first-order valence-electron chi connectivity index (χ1n) is 9.20. The monoisotopic (exact) mass is 499 g/mol. The van der Waals surface area contributed by atoms with Gasteiger partial charge in [0.2, 0.25) is 11.8 Å². The first kappa shape index (κ1) is 23.9. The van der Waals surface area contributed by atoms with Crippen molar-refractivity contribution in [2.24, 2.45) is 10.9 Å². The highest BCUT2D eigenvalue weighted by Crippen LogP contribution is 2.13. The summed E-state index contributed by atoms with van der Waals surface area (Å²) in [5.41, 5.74) is 2.74. The number of hydrogen-bond donors (Lipinski definition) is 3. The lowest BCUT2D eigenvalue weighted by molar-refractivity contribution is -0.119. The lowest BCUT2D eigenvalue weighted by Gasteiger charge is -2.13. The van der Waals surface area contributed by atoms with Crippen LogP contribution in [0, 0.1) is 19.8 Å². The summed E-state index contributed by atoms with van der Waals surface area (Å²) >= 11 is 0. The van der Waals surface area contributed by atoms with E-state index < -0.39 is 0 Å². The summed E-state index contributed by atoms with van der Waals surface area (Å²) in [5.74, 6) is 2.14. The van der Waals surface area contributed by atoms with Crippen molar-refractivity contribution in [1.82, 2.24) is 15.6 Å². The maximum absolute atomic E-state index is 12.0. The summed E-state index contributed by atoms with van der Waals surface area (Å²) in [5, 5.41) is 9.38. The molecular weight excluding hydrogens is 469 g/mol. The van der Waals surface area contributed by atoms with Crippen molar-refractivity contribution in [3.63, 3.8) is 0 Å². The van der Waals surface area contributed by atoms with E-state index in [-0.39, 0.29) is 35.8 Å². The van der Waals surface area contributed by atoms with Crippen LogP contribution in [0.25, 0.3) is 0 Å². The van der Waals surface area contributed by atoms with Gasteiger partial charge in [-0.1, -0.05) is 26.0 Å². The van der Waals surface area contributed by atoms with Crippen LogP contribution < -0.4 is 16.0 Å². The SMILES string of the molecule is CCC(C)C(=O)Nc1cccc(CNC(=NC)NCc2nc(C)c(C)o2)c1.I. The van der Waals surface area contributed by atoms with Crippen molar-refractivity contribution in [1.29, 1.82) is 0 Å². The van der Waals surface area contributed by atoms with E-state index in [0.29, 0.717) is 24.9 Å². The number of nitrogens with one attached hydrogen (secondary N) is 3. The minimum Gasteiger partial charge on any atom is -0.444 e. The average Bonchev–Trinajstić information content (AvgIpc) is 2.99. The first-order chi connectivity index (χ1) is 12.9. The van der Waals surface area contributed by atoms with Gasteiger partial charge in [-0.05, 0) is 38.0 Å². The van der Waals surface area contributed by atoms with E-state index in [1.54, 1.807) is 7.05 Å². The molecule has 0 aliphatic heterocycles. The molecule has 0 radical (unpaired) electrons. The fraction of sp³-hybridized carbons (Fsp3) is 0.450. The van der Waals surface area contributed by atoms with E-state index in [1.165, 1.54) is 0 Å². The smallest absolute Gasteiger partial charge is 0.227 e. The second-order valence-corrected chi connectivity index (χ2v) is 6.53. The van der Waals surface area contributed by atoms with Crippen LogP contribution in [-0.2, 0) is 17.9 Å². The van der Waals surface area contributed by atoms with Crippen LogP contribution in [0.2, 0.25) is 0 Å². The maximum Gasteiger partial charge on any atom is 0.227 e. The normalized spacial score (nSPS) is 12.1. The third kappa shape index (κ3) is 7.14. The van der Waals surface area contributed by atoms with Crippen LogP contribution in [-0.4, -0.2) is 23.9 Å². The summed E-state index contributed by atoms with van der Waals surface area (Å²) in [6, 6.07) is 7.78. The molecule has 0 aliphatic rings. The Hall–Kier alpha value is -2.10. The molecule has 1 unspecified atom stereocenters. The Balaban J connectivity index is 0.00000392. The Bertz CT molecular complexity index is 784. The van der Waals surface area contributed by atoms with Gasteiger partial charge in [0.1, 0.15) is 5.76 Å². The van der Waals surface area contributed by atoms with Gasteiger partial charge in [-0.3, -0.25) is 9.79 Å². The molecule has 7 nitrogen and oxygen atoms in total. The number of carbonyl (C=O) groups excluding carboxylic acids is 1. The van der Waals surface area contributed by atoms with Crippen molar-refractivity contribution in [3.05, 3.63) is 47.2 Å². The number of aromatic nitrogens is 1. The van der Waals surface area contributed by atoms with Gasteiger partial charge in [0.15, 0.2) is 5.96 Å². The van der Waals surface area contributed by atoms with Crippen LogP contribution >= 0.6 is 24.0 Å². The molecule has 1 heterocycles. The average molecular weight is 499 g/mol. The number of aryl methyl sites for hydroxylation is 2. The van der Waals surface area contributed by atoms with E-state index in [1.807, 2.05) is 52.0 Å². The zero-order chi connectivity index (χ0) is 19.8. The number of anilines is 1. The van der Waals surface area contributed by atoms with Gasteiger partial charge in [0, 0.05) is 25.2 Å². The van der Waals surface area contributed by atoms with E-state index in [4.69, 9.17) is 4.42 Å². The molecule has 28 heavy (non-hydrogen) atoms. The van der Waals surface area contributed by atoms with Gasteiger partial charge in [0.25, 0.3) is 0 Å². The van der Waals surface area contributed by atoms with Crippen molar-refractivity contribution >= 4 is 41.5 Å².